The van der Waals surface area contributed by atoms with Crippen molar-refractivity contribution >= 4 is 0 Å². The molecular formula is C13H19N. The van der Waals surface area contributed by atoms with E-state index in [0.717, 1.165) is 0 Å². The van der Waals surface area contributed by atoms with Crippen LogP contribution in [-0.2, 0) is 5.41 Å². The first kappa shape index (κ1) is 9.70. The van der Waals surface area contributed by atoms with Crippen molar-refractivity contribution in [2.24, 2.45) is 0 Å². The summed E-state index contributed by atoms with van der Waals surface area (Å²) in [5, 5.41) is 0. The highest BCUT2D eigenvalue weighted by Crippen LogP contribution is 2.50. The van der Waals surface area contributed by atoms with Crippen molar-refractivity contribution in [1.82, 2.24) is 4.98 Å². The SMILES string of the molecule is CCC1(c2cccc(C(C)C)n2)CC1. The minimum absolute atomic E-state index is 0.449. The molecule has 1 aliphatic carbocycles. The molecule has 0 unspecified atom stereocenters. The molecule has 0 aliphatic heterocycles. The summed E-state index contributed by atoms with van der Waals surface area (Å²) in [6, 6.07) is 6.50. The predicted octanol–water partition coefficient (Wildman–Crippen LogP) is 3.65. The highest BCUT2D eigenvalue weighted by atomic mass is 14.8. The molecule has 2 rings (SSSR count). The maximum atomic E-state index is 4.78. The van der Waals surface area contributed by atoms with E-state index in [-0.39, 0.29) is 0 Å². The van der Waals surface area contributed by atoms with Gasteiger partial charge >= 0.3 is 0 Å². The summed E-state index contributed by atoms with van der Waals surface area (Å²) in [5.74, 6) is 0.544. The highest BCUT2D eigenvalue weighted by molar-refractivity contribution is 5.26. The molecule has 1 heteroatoms. The summed E-state index contributed by atoms with van der Waals surface area (Å²) in [4.78, 5) is 4.78. The Bertz CT molecular complexity index is 324. The fourth-order valence-corrected chi connectivity index (χ4v) is 2.01. The van der Waals surface area contributed by atoms with E-state index in [4.69, 9.17) is 4.98 Å². The van der Waals surface area contributed by atoms with Crippen LogP contribution in [0.25, 0.3) is 0 Å². The molecule has 0 radical (unpaired) electrons. The Morgan fingerprint density at radius 2 is 2.07 bits per heavy atom. The number of rotatable bonds is 3. The quantitative estimate of drug-likeness (QED) is 0.707. The molecule has 1 aliphatic rings. The zero-order valence-electron chi connectivity index (χ0n) is 9.38. The molecule has 0 aromatic carbocycles. The molecule has 1 heterocycles. The molecule has 1 nitrogen and oxygen atoms in total. The Hall–Kier alpha value is -0.850. The van der Waals surface area contributed by atoms with Crippen molar-refractivity contribution in [2.75, 3.05) is 0 Å². The lowest BCUT2D eigenvalue weighted by molar-refractivity contribution is 0.631. The largest absolute Gasteiger partial charge is 0.257 e. The van der Waals surface area contributed by atoms with Gasteiger partial charge in [0.1, 0.15) is 0 Å². The molecule has 0 N–H and O–H groups in total. The number of nitrogens with zero attached hydrogens (tertiary/aromatic N) is 1. The monoisotopic (exact) mass is 189 g/mol. The lowest BCUT2D eigenvalue weighted by Crippen LogP contribution is -2.08. The van der Waals surface area contributed by atoms with Crippen molar-refractivity contribution < 1.29 is 0 Å². The van der Waals surface area contributed by atoms with Gasteiger partial charge in [0.25, 0.3) is 0 Å². The minimum Gasteiger partial charge on any atom is -0.257 e. The molecule has 0 amide bonds. The molecule has 14 heavy (non-hydrogen) atoms. The lowest BCUT2D eigenvalue weighted by atomic mass is 9.97. The second-order valence-corrected chi connectivity index (χ2v) is 4.74. The highest BCUT2D eigenvalue weighted by Gasteiger charge is 2.43. The van der Waals surface area contributed by atoms with Gasteiger partial charge in [-0.2, -0.15) is 0 Å². The van der Waals surface area contributed by atoms with Crippen LogP contribution < -0.4 is 0 Å². The van der Waals surface area contributed by atoms with Crippen molar-refractivity contribution in [3.63, 3.8) is 0 Å². The summed E-state index contributed by atoms with van der Waals surface area (Å²) in [6.07, 6.45) is 3.90. The van der Waals surface area contributed by atoms with Gasteiger partial charge in [-0.1, -0.05) is 26.8 Å². The predicted molar refractivity (Wildman–Crippen MR) is 59.5 cm³/mol. The average molecular weight is 189 g/mol. The summed E-state index contributed by atoms with van der Waals surface area (Å²) >= 11 is 0. The number of hydrogen-bond acceptors (Lipinski definition) is 1. The maximum absolute atomic E-state index is 4.78. The van der Waals surface area contributed by atoms with Gasteiger partial charge in [-0.15, -0.1) is 0 Å². The summed E-state index contributed by atoms with van der Waals surface area (Å²) in [6.45, 7) is 6.69. The second-order valence-electron chi connectivity index (χ2n) is 4.74. The molecule has 0 spiro atoms. The Labute approximate surface area is 86.6 Å². The van der Waals surface area contributed by atoms with Crippen LogP contribution in [0, 0.1) is 0 Å². The molecular weight excluding hydrogens is 170 g/mol. The van der Waals surface area contributed by atoms with Crippen molar-refractivity contribution in [3.8, 4) is 0 Å². The third-order valence-electron chi connectivity index (χ3n) is 3.44. The first-order valence-corrected chi connectivity index (χ1v) is 5.65. The Balaban J connectivity index is 2.31. The van der Waals surface area contributed by atoms with E-state index < -0.39 is 0 Å². The van der Waals surface area contributed by atoms with Crippen LogP contribution in [-0.4, -0.2) is 4.98 Å². The van der Waals surface area contributed by atoms with Gasteiger partial charge in [-0.3, -0.25) is 4.98 Å². The van der Waals surface area contributed by atoms with Crippen LogP contribution in [0.2, 0.25) is 0 Å². The van der Waals surface area contributed by atoms with E-state index in [9.17, 15) is 0 Å². The third-order valence-corrected chi connectivity index (χ3v) is 3.44. The van der Waals surface area contributed by atoms with Crippen LogP contribution >= 0.6 is 0 Å². The maximum Gasteiger partial charge on any atom is 0.0468 e. The first-order valence-electron chi connectivity index (χ1n) is 5.65. The fourth-order valence-electron chi connectivity index (χ4n) is 2.01. The van der Waals surface area contributed by atoms with E-state index in [1.165, 1.54) is 30.7 Å². The van der Waals surface area contributed by atoms with Gasteiger partial charge in [0.15, 0.2) is 0 Å². The first-order chi connectivity index (χ1) is 6.68. The molecule has 1 aromatic rings. The summed E-state index contributed by atoms with van der Waals surface area (Å²) < 4.78 is 0. The normalized spacial score (nSPS) is 18.6. The number of pyridine rings is 1. The summed E-state index contributed by atoms with van der Waals surface area (Å²) in [7, 11) is 0. The van der Waals surface area contributed by atoms with Gasteiger partial charge in [-0.25, -0.2) is 0 Å². The number of aromatic nitrogens is 1. The third kappa shape index (κ3) is 1.56. The zero-order valence-corrected chi connectivity index (χ0v) is 9.38. The minimum atomic E-state index is 0.449. The molecule has 0 atom stereocenters. The van der Waals surface area contributed by atoms with Crippen LogP contribution in [0.1, 0.15) is 57.3 Å². The molecule has 76 valence electrons. The van der Waals surface area contributed by atoms with Crippen molar-refractivity contribution in [2.45, 2.75) is 51.4 Å². The van der Waals surface area contributed by atoms with E-state index >= 15 is 0 Å². The van der Waals surface area contributed by atoms with E-state index in [1.54, 1.807) is 0 Å². The summed E-state index contributed by atoms with van der Waals surface area (Å²) in [5.41, 5.74) is 3.01. The smallest absolute Gasteiger partial charge is 0.0468 e. The van der Waals surface area contributed by atoms with Crippen LogP contribution in [0.3, 0.4) is 0 Å². The van der Waals surface area contributed by atoms with Gasteiger partial charge in [0.05, 0.1) is 0 Å². The van der Waals surface area contributed by atoms with E-state index in [2.05, 4.69) is 39.0 Å². The van der Waals surface area contributed by atoms with E-state index in [1.807, 2.05) is 0 Å². The average Bonchev–Trinajstić information content (AvgIpc) is 2.98. The topological polar surface area (TPSA) is 12.9 Å². The zero-order chi connectivity index (χ0) is 10.2. The van der Waals surface area contributed by atoms with Gasteiger partial charge < -0.3 is 0 Å². The molecule has 0 saturated heterocycles. The van der Waals surface area contributed by atoms with Gasteiger partial charge in [-0.05, 0) is 37.3 Å². The van der Waals surface area contributed by atoms with Crippen molar-refractivity contribution in [1.29, 1.82) is 0 Å². The Kier molecular flexibility index (Phi) is 2.34. The van der Waals surface area contributed by atoms with Gasteiger partial charge in [0.2, 0.25) is 0 Å². The Morgan fingerprint density at radius 1 is 1.36 bits per heavy atom. The fraction of sp³-hybridized carbons (Fsp3) is 0.615. The van der Waals surface area contributed by atoms with E-state index in [0.29, 0.717) is 11.3 Å². The molecule has 1 aromatic heterocycles. The molecule has 1 fully saturated rings. The van der Waals surface area contributed by atoms with Gasteiger partial charge in [0, 0.05) is 16.8 Å². The molecule has 1 saturated carbocycles. The van der Waals surface area contributed by atoms with Crippen molar-refractivity contribution in [3.05, 3.63) is 29.6 Å². The Morgan fingerprint density at radius 3 is 2.57 bits per heavy atom. The number of hydrogen-bond donors (Lipinski definition) is 0. The second kappa shape index (κ2) is 3.38. The lowest BCUT2D eigenvalue weighted by Gasteiger charge is -2.14. The molecule has 0 bridgehead atoms. The van der Waals surface area contributed by atoms with Crippen LogP contribution in [0.15, 0.2) is 18.2 Å². The standard InChI is InChI=1S/C13H19N/c1-4-13(8-9-13)12-7-5-6-11(14-12)10(2)3/h5-7,10H,4,8-9H2,1-3H3. The van der Waals surface area contributed by atoms with Crippen LogP contribution in [0.4, 0.5) is 0 Å². The van der Waals surface area contributed by atoms with Crippen LogP contribution in [0.5, 0.6) is 0 Å².